The van der Waals surface area contributed by atoms with E-state index >= 15 is 0 Å². The third-order valence-corrected chi connectivity index (χ3v) is 3.44. The third kappa shape index (κ3) is 6.61. The van der Waals surface area contributed by atoms with Crippen LogP contribution in [0.1, 0.15) is 26.3 Å². The number of amides is 2. The van der Waals surface area contributed by atoms with Crippen LogP contribution >= 0.6 is 11.6 Å². The van der Waals surface area contributed by atoms with Gasteiger partial charge in [0, 0.05) is 22.5 Å². The monoisotopic (exact) mass is 372 g/mol. The lowest BCUT2D eigenvalue weighted by atomic mass is 10.2. The predicted octanol–water partition coefficient (Wildman–Crippen LogP) is 5.34. The summed E-state index contributed by atoms with van der Waals surface area (Å²) in [6.07, 6.45) is 2.48. The topological polar surface area (TPSA) is 67.4 Å². The van der Waals surface area contributed by atoms with Crippen molar-refractivity contribution in [2.75, 3.05) is 10.6 Å². The van der Waals surface area contributed by atoms with E-state index in [2.05, 4.69) is 10.6 Å². The number of halogens is 1. The van der Waals surface area contributed by atoms with E-state index in [0.717, 1.165) is 5.56 Å². The van der Waals surface area contributed by atoms with Crippen molar-refractivity contribution in [1.82, 2.24) is 0 Å². The molecule has 0 aliphatic carbocycles. The lowest BCUT2D eigenvalue weighted by molar-refractivity contribution is -0.111. The lowest BCUT2D eigenvalue weighted by Gasteiger charge is -2.19. The van der Waals surface area contributed by atoms with Gasteiger partial charge in [-0.2, -0.15) is 0 Å². The van der Waals surface area contributed by atoms with Gasteiger partial charge in [-0.1, -0.05) is 35.9 Å². The first-order valence-electron chi connectivity index (χ1n) is 8.06. The highest BCUT2D eigenvalue weighted by atomic mass is 35.5. The predicted molar refractivity (Wildman–Crippen MR) is 105 cm³/mol. The van der Waals surface area contributed by atoms with E-state index < -0.39 is 11.7 Å². The number of hydrogen-bond acceptors (Lipinski definition) is 3. The number of benzene rings is 2. The molecule has 0 radical (unpaired) electrons. The van der Waals surface area contributed by atoms with Gasteiger partial charge in [0.2, 0.25) is 5.91 Å². The maximum absolute atomic E-state index is 12.1. The van der Waals surface area contributed by atoms with Gasteiger partial charge in [0.1, 0.15) is 5.60 Å². The molecule has 2 N–H and O–H groups in total. The van der Waals surface area contributed by atoms with Crippen molar-refractivity contribution < 1.29 is 14.3 Å². The highest BCUT2D eigenvalue weighted by Gasteiger charge is 2.16. The highest BCUT2D eigenvalue weighted by molar-refractivity contribution is 6.32. The average molecular weight is 373 g/mol. The average Bonchev–Trinajstić information content (AvgIpc) is 2.52. The molecule has 2 aromatic carbocycles. The van der Waals surface area contributed by atoms with Crippen molar-refractivity contribution in [2.45, 2.75) is 26.4 Å². The van der Waals surface area contributed by atoms with Crippen molar-refractivity contribution in [1.29, 1.82) is 0 Å². The molecule has 136 valence electrons. The highest BCUT2D eigenvalue weighted by Crippen LogP contribution is 2.18. The number of rotatable bonds is 4. The molecule has 0 aromatic heterocycles. The van der Waals surface area contributed by atoms with Gasteiger partial charge in [0.15, 0.2) is 0 Å². The molecule has 0 bridgehead atoms. The van der Waals surface area contributed by atoms with E-state index in [1.54, 1.807) is 57.2 Å². The van der Waals surface area contributed by atoms with E-state index in [0.29, 0.717) is 16.4 Å². The second-order valence-corrected chi connectivity index (χ2v) is 6.96. The maximum Gasteiger partial charge on any atom is 0.412 e. The van der Waals surface area contributed by atoms with Gasteiger partial charge < -0.3 is 10.1 Å². The fourth-order valence-electron chi connectivity index (χ4n) is 2.06. The zero-order valence-corrected chi connectivity index (χ0v) is 15.6. The second-order valence-electron chi connectivity index (χ2n) is 6.55. The Balaban J connectivity index is 1.98. The largest absolute Gasteiger partial charge is 0.444 e. The van der Waals surface area contributed by atoms with Gasteiger partial charge in [-0.05, 0) is 56.7 Å². The summed E-state index contributed by atoms with van der Waals surface area (Å²) in [5.41, 5.74) is 1.24. The van der Waals surface area contributed by atoms with Gasteiger partial charge >= 0.3 is 6.09 Å². The summed E-state index contributed by atoms with van der Waals surface area (Å²) in [6, 6.07) is 14.0. The van der Waals surface area contributed by atoms with Crippen molar-refractivity contribution in [2.24, 2.45) is 0 Å². The lowest BCUT2D eigenvalue weighted by Crippen LogP contribution is -2.27. The molecule has 2 rings (SSSR count). The van der Waals surface area contributed by atoms with Crippen LogP contribution < -0.4 is 10.6 Å². The normalized spacial score (nSPS) is 11.2. The molecule has 0 saturated carbocycles. The van der Waals surface area contributed by atoms with Crippen LogP contribution in [0, 0.1) is 0 Å². The summed E-state index contributed by atoms with van der Waals surface area (Å²) in [4.78, 5) is 23.9. The fourth-order valence-corrected chi connectivity index (χ4v) is 2.25. The van der Waals surface area contributed by atoms with Crippen LogP contribution in [0.25, 0.3) is 6.08 Å². The van der Waals surface area contributed by atoms with Crippen LogP contribution in [0.2, 0.25) is 5.02 Å². The van der Waals surface area contributed by atoms with Crippen LogP contribution in [0.15, 0.2) is 54.6 Å². The molecule has 26 heavy (non-hydrogen) atoms. The molecule has 0 spiro atoms. The molecule has 0 aliphatic heterocycles. The Labute approximate surface area is 158 Å². The van der Waals surface area contributed by atoms with Crippen molar-refractivity contribution in [3.05, 3.63) is 65.2 Å². The minimum Gasteiger partial charge on any atom is -0.444 e. The SMILES string of the molecule is CC(C)(C)OC(=O)Nc1cccc(NC(=O)C=Cc2ccccc2Cl)c1. The van der Waals surface area contributed by atoms with Crippen molar-refractivity contribution in [3.8, 4) is 0 Å². The summed E-state index contributed by atoms with van der Waals surface area (Å²) >= 11 is 6.05. The first-order valence-corrected chi connectivity index (χ1v) is 8.44. The van der Waals surface area contributed by atoms with Crippen LogP contribution in [-0.2, 0) is 9.53 Å². The van der Waals surface area contributed by atoms with Gasteiger partial charge in [0.25, 0.3) is 0 Å². The molecule has 2 amide bonds. The van der Waals surface area contributed by atoms with Gasteiger partial charge in [0.05, 0.1) is 0 Å². The first-order chi connectivity index (χ1) is 12.2. The zero-order valence-electron chi connectivity index (χ0n) is 14.9. The number of nitrogens with one attached hydrogen (secondary N) is 2. The van der Waals surface area contributed by atoms with Crippen molar-refractivity contribution in [3.63, 3.8) is 0 Å². The van der Waals surface area contributed by atoms with Crippen LogP contribution in [0.3, 0.4) is 0 Å². The molecule has 6 heteroatoms. The Morgan fingerprint density at radius 2 is 1.65 bits per heavy atom. The summed E-state index contributed by atoms with van der Waals surface area (Å²) in [5.74, 6) is -0.306. The standard InChI is InChI=1S/C20H21ClN2O3/c1-20(2,3)26-19(25)23-16-9-6-8-15(13-16)22-18(24)12-11-14-7-4-5-10-17(14)21/h4-13H,1-3H3,(H,22,24)(H,23,25). The first kappa shape index (κ1) is 19.5. The minimum absolute atomic E-state index is 0.306. The quantitative estimate of drug-likeness (QED) is 0.712. The number of hydrogen-bond donors (Lipinski definition) is 2. The summed E-state index contributed by atoms with van der Waals surface area (Å²) in [5, 5.41) is 5.93. The van der Waals surface area contributed by atoms with E-state index in [1.807, 2.05) is 18.2 Å². The Morgan fingerprint density at radius 1 is 1.00 bits per heavy atom. The third-order valence-electron chi connectivity index (χ3n) is 3.09. The van der Waals surface area contributed by atoms with Crippen LogP contribution in [0.5, 0.6) is 0 Å². The number of anilines is 2. The van der Waals surface area contributed by atoms with E-state index in [9.17, 15) is 9.59 Å². The summed E-state index contributed by atoms with van der Waals surface area (Å²) in [6.45, 7) is 5.36. The van der Waals surface area contributed by atoms with Crippen molar-refractivity contribution >= 4 is 41.1 Å². The molecular formula is C20H21ClN2O3. The summed E-state index contributed by atoms with van der Waals surface area (Å²) in [7, 11) is 0. The Bertz CT molecular complexity index is 826. The maximum atomic E-state index is 12.1. The molecule has 5 nitrogen and oxygen atoms in total. The molecule has 0 atom stereocenters. The zero-order chi connectivity index (χ0) is 19.2. The van der Waals surface area contributed by atoms with Gasteiger partial charge in [-0.25, -0.2) is 4.79 Å². The molecule has 0 saturated heterocycles. The molecular weight excluding hydrogens is 352 g/mol. The summed E-state index contributed by atoms with van der Waals surface area (Å²) < 4.78 is 5.20. The molecule has 0 heterocycles. The van der Waals surface area contributed by atoms with E-state index in [1.165, 1.54) is 6.08 Å². The Hall–Kier alpha value is -2.79. The molecule has 0 fully saturated rings. The fraction of sp³-hybridized carbons (Fsp3) is 0.200. The second kappa shape index (κ2) is 8.54. The smallest absolute Gasteiger partial charge is 0.412 e. The Kier molecular flexibility index (Phi) is 6.41. The molecule has 0 aliphatic rings. The number of ether oxygens (including phenoxy) is 1. The van der Waals surface area contributed by atoms with Gasteiger partial charge in [-0.3, -0.25) is 10.1 Å². The molecule has 0 unspecified atom stereocenters. The van der Waals surface area contributed by atoms with Gasteiger partial charge in [-0.15, -0.1) is 0 Å². The van der Waals surface area contributed by atoms with E-state index in [4.69, 9.17) is 16.3 Å². The van der Waals surface area contributed by atoms with Crippen LogP contribution in [0.4, 0.5) is 16.2 Å². The number of carbonyl (C=O) groups excluding carboxylic acids is 2. The minimum atomic E-state index is -0.584. The van der Waals surface area contributed by atoms with E-state index in [-0.39, 0.29) is 5.91 Å². The van der Waals surface area contributed by atoms with Crippen LogP contribution in [-0.4, -0.2) is 17.6 Å². The molecule has 2 aromatic rings. The number of carbonyl (C=O) groups is 2. The Morgan fingerprint density at radius 3 is 2.31 bits per heavy atom.